The fourth-order valence-corrected chi connectivity index (χ4v) is 7.68. The van der Waals surface area contributed by atoms with Crippen molar-refractivity contribution in [2.75, 3.05) is 13.2 Å². The summed E-state index contributed by atoms with van der Waals surface area (Å²) in [4.78, 5) is 37.7. The van der Waals surface area contributed by atoms with Crippen LogP contribution < -0.4 is 0 Å². The molecule has 0 rings (SSSR count). The number of rotatable bonds is 48. The predicted molar refractivity (Wildman–Crippen MR) is 256 cm³/mol. The summed E-state index contributed by atoms with van der Waals surface area (Å²) in [5, 5.41) is 0. The van der Waals surface area contributed by atoms with Crippen molar-refractivity contribution < 1.29 is 28.6 Å². The molecule has 0 aromatic rings. The lowest BCUT2D eigenvalue weighted by Crippen LogP contribution is -2.30. The fraction of sp³-hybridized carbons (Fsp3) is 0.870. The van der Waals surface area contributed by atoms with Gasteiger partial charge in [0.15, 0.2) is 6.10 Å². The number of unbranched alkanes of at least 4 members (excludes halogenated alkanes) is 33. The van der Waals surface area contributed by atoms with Gasteiger partial charge >= 0.3 is 17.9 Å². The molecule has 0 heterocycles. The number of carbonyl (C=O) groups excluding carboxylic acids is 3. The molecule has 1 atom stereocenters. The van der Waals surface area contributed by atoms with Gasteiger partial charge in [0.1, 0.15) is 13.2 Å². The molecule has 0 aliphatic heterocycles. The highest BCUT2D eigenvalue weighted by atomic mass is 16.6. The third-order valence-corrected chi connectivity index (χ3v) is 11.7. The van der Waals surface area contributed by atoms with E-state index in [2.05, 4.69) is 45.1 Å². The van der Waals surface area contributed by atoms with E-state index in [9.17, 15) is 14.4 Å². The Morgan fingerprint density at radius 1 is 0.317 bits per heavy atom. The average molecular weight is 845 g/mol. The van der Waals surface area contributed by atoms with Crippen LogP contribution >= 0.6 is 0 Å². The Morgan fingerprint density at radius 3 is 0.900 bits per heavy atom. The maximum atomic E-state index is 12.7. The highest BCUT2D eigenvalue weighted by Gasteiger charge is 2.19. The second kappa shape index (κ2) is 49.5. The van der Waals surface area contributed by atoms with Gasteiger partial charge in [0.05, 0.1) is 0 Å². The minimum absolute atomic E-state index is 0.0718. The number of esters is 3. The predicted octanol–water partition coefficient (Wildman–Crippen LogP) is 17.2. The van der Waals surface area contributed by atoms with E-state index in [4.69, 9.17) is 14.2 Å². The Hall–Kier alpha value is -2.11. The Kier molecular flexibility index (Phi) is 47.8. The van der Waals surface area contributed by atoms with Crippen molar-refractivity contribution in [2.45, 2.75) is 290 Å². The van der Waals surface area contributed by atoms with E-state index < -0.39 is 6.10 Å². The van der Waals surface area contributed by atoms with Crippen molar-refractivity contribution in [3.63, 3.8) is 0 Å². The first kappa shape index (κ1) is 57.9. The third kappa shape index (κ3) is 46.9. The monoisotopic (exact) mass is 845 g/mol. The molecule has 0 aromatic carbocycles. The molecule has 0 spiro atoms. The topological polar surface area (TPSA) is 78.9 Å². The lowest BCUT2D eigenvalue weighted by molar-refractivity contribution is -0.167. The highest BCUT2D eigenvalue weighted by molar-refractivity contribution is 5.71. The molecule has 0 amide bonds. The van der Waals surface area contributed by atoms with Gasteiger partial charge in [-0.15, -0.1) is 0 Å². The first-order chi connectivity index (χ1) is 29.5. The summed E-state index contributed by atoms with van der Waals surface area (Å²) in [6, 6.07) is 0. The number of hydrogen-bond donors (Lipinski definition) is 0. The van der Waals surface area contributed by atoms with E-state index in [0.717, 1.165) is 77.0 Å². The zero-order chi connectivity index (χ0) is 43.7. The lowest BCUT2D eigenvalue weighted by atomic mass is 10.0. The average Bonchev–Trinajstić information content (AvgIpc) is 3.24. The maximum Gasteiger partial charge on any atom is 0.306 e. The summed E-state index contributed by atoms with van der Waals surface area (Å²) in [6.07, 6.45) is 56.3. The van der Waals surface area contributed by atoms with E-state index >= 15 is 0 Å². The number of hydrogen-bond acceptors (Lipinski definition) is 6. The van der Waals surface area contributed by atoms with Crippen LogP contribution in [0.2, 0.25) is 0 Å². The molecule has 0 saturated heterocycles. The van der Waals surface area contributed by atoms with Crippen molar-refractivity contribution in [1.82, 2.24) is 0 Å². The summed E-state index contributed by atoms with van der Waals surface area (Å²) in [7, 11) is 0. The zero-order valence-electron chi connectivity index (χ0n) is 40.2. The van der Waals surface area contributed by atoms with Crippen molar-refractivity contribution in [1.29, 1.82) is 0 Å². The van der Waals surface area contributed by atoms with E-state index in [1.807, 2.05) is 0 Å². The summed E-state index contributed by atoms with van der Waals surface area (Å²) < 4.78 is 16.7. The minimum Gasteiger partial charge on any atom is -0.462 e. The Balaban J connectivity index is 4.04. The van der Waals surface area contributed by atoms with Crippen LogP contribution in [-0.2, 0) is 28.6 Å². The van der Waals surface area contributed by atoms with Crippen molar-refractivity contribution >= 4 is 17.9 Å². The minimum atomic E-state index is -0.768. The first-order valence-corrected chi connectivity index (χ1v) is 26.3. The van der Waals surface area contributed by atoms with Gasteiger partial charge in [-0.05, 0) is 64.2 Å². The summed E-state index contributed by atoms with van der Waals surface area (Å²) in [6.45, 7) is 6.55. The summed E-state index contributed by atoms with van der Waals surface area (Å²) in [5.74, 6) is -0.880. The number of carbonyl (C=O) groups is 3. The van der Waals surface area contributed by atoms with Gasteiger partial charge in [-0.1, -0.05) is 225 Å². The third-order valence-electron chi connectivity index (χ3n) is 11.7. The van der Waals surface area contributed by atoms with Crippen LogP contribution in [0.25, 0.3) is 0 Å². The highest BCUT2D eigenvalue weighted by Crippen LogP contribution is 2.16. The van der Waals surface area contributed by atoms with Gasteiger partial charge in [-0.2, -0.15) is 0 Å². The molecular formula is C54H100O6. The van der Waals surface area contributed by atoms with Crippen LogP contribution in [0.15, 0.2) is 24.3 Å². The first-order valence-electron chi connectivity index (χ1n) is 26.3. The molecule has 352 valence electrons. The molecule has 6 nitrogen and oxygen atoms in total. The smallest absolute Gasteiger partial charge is 0.306 e. The molecular weight excluding hydrogens is 745 g/mol. The van der Waals surface area contributed by atoms with E-state index in [-0.39, 0.29) is 31.1 Å². The molecule has 0 aliphatic rings. The molecule has 0 aliphatic carbocycles. The van der Waals surface area contributed by atoms with E-state index in [1.54, 1.807) is 0 Å². The Morgan fingerprint density at radius 2 is 0.583 bits per heavy atom. The zero-order valence-corrected chi connectivity index (χ0v) is 40.2. The lowest BCUT2D eigenvalue weighted by Gasteiger charge is -2.18. The van der Waals surface area contributed by atoms with Gasteiger partial charge in [-0.3, -0.25) is 14.4 Å². The maximum absolute atomic E-state index is 12.7. The number of allylic oxidation sites excluding steroid dienone is 4. The standard InChI is InChI=1S/C54H100O6/c1-4-7-10-13-16-18-20-21-22-23-24-25-26-27-28-29-30-31-32-33-34-36-38-41-44-47-53(56)59-50-51(49-58-52(55)46-43-40-37-15-12-9-6-3)60-54(57)48-45-42-39-35-19-17-14-11-8-5-2/h11,14,23-24,51H,4-10,12-13,15-22,25-50H2,1-3H3/b14-11-,24-23-. The summed E-state index contributed by atoms with van der Waals surface area (Å²) in [5.41, 5.74) is 0. The Labute approximate surface area is 373 Å². The molecule has 0 fully saturated rings. The van der Waals surface area contributed by atoms with Crippen LogP contribution in [0.1, 0.15) is 284 Å². The van der Waals surface area contributed by atoms with Crippen LogP contribution in [0.4, 0.5) is 0 Å². The second-order valence-corrected chi connectivity index (χ2v) is 17.8. The van der Waals surface area contributed by atoms with Crippen LogP contribution in [0, 0.1) is 0 Å². The quantitative estimate of drug-likeness (QED) is 0.0263. The largest absolute Gasteiger partial charge is 0.462 e. The van der Waals surface area contributed by atoms with Crippen molar-refractivity contribution in [2.24, 2.45) is 0 Å². The molecule has 0 saturated carbocycles. The van der Waals surface area contributed by atoms with E-state index in [1.165, 1.54) is 167 Å². The van der Waals surface area contributed by atoms with Gasteiger partial charge in [0.25, 0.3) is 0 Å². The van der Waals surface area contributed by atoms with Crippen LogP contribution in [-0.4, -0.2) is 37.2 Å². The molecule has 0 bridgehead atoms. The SMILES string of the molecule is CCC/C=C\CCCCCCCC(=O)OC(COC(=O)CCCCCCCCC)COC(=O)CCCCCCCCCCCCCCC/C=C\CCCCCCCCCC. The van der Waals surface area contributed by atoms with Gasteiger partial charge in [0.2, 0.25) is 0 Å². The molecule has 60 heavy (non-hydrogen) atoms. The molecule has 0 radical (unpaired) electrons. The van der Waals surface area contributed by atoms with Gasteiger partial charge in [0, 0.05) is 19.3 Å². The molecule has 0 aromatic heterocycles. The van der Waals surface area contributed by atoms with Gasteiger partial charge < -0.3 is 14.2 Å². The second-order valence-electron chi connectivity index (χ2n) is 17.8. The van der Waals surface area contributed by atoms with Crippen molar-refractivity contribution in [3.05, 3.63) is 24.3 Å². The summed E-state index contributed by atoms with van der Waals surface area (Å²) >= 11 is 0. The normalized spacial score (nSPS) is 12.1. The Bertz CT molecular complexity index is 973. The molecule has 1 unspecified atom stereocenters. The van der Waals surface area contributed by atoms with Crippen LogP contribution in [0.3, 0.4) is 0 Å². The molecule has 0 N–H and O–H groups in total. The van der Waals surface area contributed by atoms with Gasteiger partial charge in [-0.25, -0.2) is 0 Å². The van der Waals surface area contributed by atoms with Crippen molar-refractivity contribution in [3.8, 4) is 0 Å². The fourth-order valence-electron chi connectivity index (χ4n) is 7.68. The van der Waals surface area contributed by atoms with Crippen LogP contribution in [0.5, 0.6) is 0 Å². The molecule has 6 heteroatoms. The van der Waals surface area contributed by atoms with E-state index in [0.29, 0.717) is 19.3 Å². The number of ether oxygens (including phenoxy) is 3.